The molecule has 1 heterocycles. The molecule has 3 rings (SSSR count). The van der Waals surface area contributed by atoms with Crippen molar-refractivity contribution in [3.8, 4) is 11.5 Å². The lowest BCUT2D eigenvalue weighted by atomic mass is 10.1. The molecule has 152 valence electrons. The Morgan fingerprint density at radius 1 is 0.929 bits per heavy atom. The fourth-order valence-electron chi connectivity index (χ4n) is 3.15. The van der Waals surface area contributed by atoms with E-state index in [-0.39, 0.29) is 53.2 Å². The molecule has 4 N–H and O–H groups in total. The Labute approximate surface area is 164 Å². The average molecular weight is 427 g/mol. The first-order valence-corrected chi connectivity index (χ1v) is 11.9. The van der Waals surface area contributed by atoms with E-state index in [1.807, 2.05) is 0 Å². The Hall–Kier alpha value is -2.14. The molecule has 0 fully saturated rings. The predicted octanol–water partition coefficient (Wildman–Crippen LogP) is 0.664. The van der Waals surface area contributed by atoms with Crippen LogP contribution in [0.4, 0.5) is 0 Å². The van der Waals surface area contributed by atoms with Crippen molar-refractivity contribution in [2.24, 2.45) is 11.5 Å². The lowest BCUT2D eigenvalue weighted by Gasteiger charge is -2.17. The van der Waals surface area contributed by atoms with E-state index in [0.717, 1.165) is 0 Å². The topological polar surface area (TPSA) is 139 Å². The highest BCUT2D eigenvalue weighted by Gasteiger charge is 2.47. The van der Waals surface area contributed by atoms with Crippen LogP contribution in [-0.2, 0) is 19.7 Å². The summed E-state index contributed by atoms with van der Waals surface area (Å²) in [6.07, 6.45) is 0. The summed E-state index contributed by atoms with van der Waals surface area (Å²) in [5.41, 5.74) is 11.0. The number of hydrogen-bond acceptors (Lipinski definition) is 8. The summed E-state index contributed by atoms with van der Waals surface area (Å²) < 4.78 is 63.3. The van der Waals surface area contributed by atoms with Crippen molar-refractivity contribution in [1.29, 1.82) is 0 Å². The monoisotopic (exact) mass is 426 g/mol. The average Bonchev–Trinajstić information content (AvgIpc) is 2.99. The van der Waals surface area contributed by atoms with Crippen LogP contribution in [0, 0.1) is 0 Å². The fraction of sp³-hybridized carbons (Fsp3) is 0.333. The molecule has 28 heavy (non-hydrogen) atoms. The van der Waals surface area contributed by atoms with E-state index >= 15 is 0 Å². The van der Waals surface area contributed by atoms with Gasteiger partial charge in [0.2, 0.25) is 0 Å². The zero-order valence-electron chi connectivity index (χ0n) is 15.1. The Balaban J connectivity index is 2.21. The van der Waals surface area contributed by atoms with Crippen LogP contribution >= 0.6 is 0 Å². The SMILES string of the molecule is NCCOc1ccc(OCCN)c2c1C(S(=O)(=O)c1ccccc1)CS2(=O)=O. The summed E-state index contributed by atoms with van der Waals surface area (Å²) in [5, 5.41) is -1.30. The number of hydrogen-bond donors (Lipinski definition) is 2. The van der Waals surface area contributed by atoms with Gasteiger partial charge in [-0.25, -0.2) is 16.8 Å². The van der Waals surface area contributed by atoms with Crippen molar-refractivity contribution in [1.82, 2.24) is 0 Å². The highest BCUT2D eigenvalue weighted by atomic mass is 32.2. The van der Waals surface area contributed by atoms with Crippen molar-refractivity contribution in [3.05, 3.63) is 48.0 Å². The number of rotatable bonds is 8. The summed E-state index contributed by atoms with van der Waals surface area (Å²) in [7, 11) is -7.89. The molecule has 1 aliphatic rings. The molecule has 0 saturated heterocycles. The van der Waals surface area contributed by atoms with Crippen LogP contribution in [0.15, 0.2) is 52.3 Å². The summed E-state index contributed by atoms with van der Waals surface area (Å²) in [6, 6.07) is 10.7. The van der Waals surface area contributed by atoms with E-state index in [9.17, 15) is 16.8 Å². The molecule has 0 aliphatic carbocycles. The van der Waals surface area contributed by atoms with E-state index in [2.05, 4.69) is 0 Å². The summed E-state index contributed by atoms with van der Waals surface area (Å²) >= 11 is 0. The molecule has 1 atom stereocenters. The van der Waals surface area contributed by atoms with Gasteiger partial charge >= 0.3 is 0 Å². The molecule has 0 radical (unpaired) electrons. The van der Waals surface area contributed by atoms with Gasteiger partial charge in [0.1, 0.15) is 34.9 Å². The minimum absolute atomic E-state index is 0.0427. The molecule has 8 nitrogen and oxygen atoms in total. The van der Waals surface area contributed by atoms with Crippen molar-refractivity contribution >= 4 is 19.7 Å². The van der Waals surface area contributed by atoms with Gasteiger partial charge in [0.25, 0.3) is 0 Å². The van der Waals surface area contributed by atoms with Crippen molar-refractivity contribution in [2.45, 2.75) is 15.0 Å². The maximum Gasteiger partial charge on any atom is 0.186 e. The molecular formula is C18H22N2O6S2. The molecule has 1 aliphatic heterocycles. The molecular weight excluding hydrogens is 404 g/mol. The predicted molar refractivity (Wildman–Crippen MR) is 104 cm³/mol. The number of ether oxygens (including phenoxy) is 2. The zero-order chi connectivity index (χ0) is 20.4. The Bertz CT molecular complexity index is 1050. The largest absolute Gasteiger partial charge is 0.492 e. The first-order valence-electron chi connectivity index (χ1n) is 8.67. The van der Waals surface area contributed by atoms with E-state index < -0.39 is 30.7 Å². The Morgan fingerprint density at radius 2 is 1.50 bits per heavy atom. The van der Waals surface area contributed by atoms with Crippen LogP contribution < -0.4 is 20.9 Å². The van der Waals surface area contributed by atoms with Crippen LogP contribution in [0.5, 0.6) is 11.5 Å². The minimum Gasteiger partial charge on any atom is -0.492 e. The van der Waals surface area contributed by atoms with E-state index in [1.54, 1.807) is 18.2 Å². The highest BCUT2D eigenvalue weighted by Crippen LogP contribution is 2.49. The first kappa shape index (κ1) is 20.6. The fourth-order valence-corrected chi connectivity index (χ4v) is 7.63. The minimum atomic E-state index is -3.98. The van der Waals surface area contributed by atoms with Gasteiger partial charge in [-0.1, -0.05) is 18.2 Å². The second-order valence-electron chi connectivity index (χ2n) is 6.21. The maximum absolute atomic E-state index is 13.2. The molecule has 0 bridgehead atoms. The molecule has 2 aromatic rings. The molecule has 0 saturated carbocycles. The number of benzene rings is 2. The molecule has 0 amide bonds. The second kappa shape index (κ2) is 8.08. The number of sulfone groups is 2. The van der Waals surface area contributed by atoms with Crippen LogP contribution in [-0.4, -0.2) is 48.9 Å². The van der Waals surface area contributed by atoms with Gasteiger partial charge in [-0.15, -0.1) is 0 Å². The number of nitrogens with two attached hydrogens (primary N) is 2. The smallest absolute Gasteiger partial charge is 0.186 e. The molecule has 10 heteroatoms. The summed E-state index contributed by atoms with van der Waals surface area (Å²) in [5.74, 6) is -0.334. The van der Waals surface area contributed by atoms with Gasteiger partial charge in [0.05, 0.1) is 10.6 Å². The number of fused-ring (bicyclic) bond motifs is 1. The highest BCUT2D eigenvalue weighted by molar-refractivity contribution is 7.96. The Morgan fingerprint density at radius 3 is 2.11 bits per heavy atom. The second-order valence-corrected chi connectivity index (χ2v) is 10.3. The van der Waals surface area contributed by atoms with Gasteiger partial charge in [-0.05, 0) is 24.3 Å². The Kier molecular flexibility index (Phi) is 5.94. The molecule has 1 unspecified atom stereocenters. The van der Waals surface area contributed by atoms with Crippen LogP contribution in [0.25, 0.3) is 0 Å². The van der Waals surface area contributed by atoms with Crippen LogP contribution in [0.2, 0.25) is 0 Å². The third kappa shape index (κ3) is 3.72. The molecule has 0 aromatic heterocycles. The quantitative estimate of drug-likeness (QED) is 0.628. The van der Waals surface area contributed by atoms with Crippen LogP contribution in [0.1, 0.15) is 10.8 Å². The van der Waals surface area contributed by atoms with Gasteiger partial charge in [-0.2, -0.15) is 0 Å². The third-order valence-electron chi connectivity index (χ3n) is 4.32. The van der Waals surface area contributed by atoms with E-state index in [1.165, 1.54) is 24.3 Å². The van der Waals surface area contributed by atoms with Gasteiger partial charge in [0.15, 0.2) is 19.7 Å². The standard InChI is InChI=1S/C18H22N2O6S2/c19-8-10-25-14-6-7-15(26-11-9-20)18-17(14)16(12-27(18,21)22)28(23,24)13-4-2-1-3-5-13/h1-7,16H,8-12,19-20H2. The summed E-state index contributed by atoms with van der Waals surface area (Å²) in [4.78, 5) is -0.110. The van der Waals surface area contributed by atoms with Gasteiger partial charge in [-0.3, -0.25) is 0 Å². The third-order valence-corrected chi connectivity index (χ3v) is 8.43. The maximum atomic E-state index is 13.2. The van der Waals surface area contributed by atoms with Gasteiger partial charge in [0, 0.05) is 18.7 Å². The van der Waals surface area contributed by atoms with E-state index in [0.29, 0.717) is 0 Å². The summed E-state index contributed by atoms with van der Waals surface area (Å²) in [6.45, 7) is 0.601. The molecule has 0 spiro atoms. The van der Waals surface area contributed by atoms with E-state index in [4.69, 9.17) is 20.9 Å². The van der Waals surface area contributed by atoms with Gasteiger partial charge < -0.3 is 20.9 Å². The first-order chi connectivity index (χ1) is 13.3. The molecule has 2 aromatic carbocycles. The normalized spacial score (nSPS) is 17.9. The van der Waals surface area contributed by atoms with Crippen molar-refractivity contribution in [3.63, 3.8) is 0 Å². The van der Waals surface area contributed by atoms with Crippen molar-refractivity contribution < 1.29 is 26.3 Å². The zero-order valence-corrected chi connectivity index (χ0v) is 16.7. The lowest BCUT2D eigenvalue weighted by Crippen LogP contribution is -2.17. The van der Waals surface area contributed by atoms with Crippen molar-refractivity contribution in [2.75, 3.05) is 32.1 Å². The van der Waals surface area contributed by atoms with Crippen LogP contribution in [0.3, 0.4) is 0 Å². The lowest BCUT2D eigenvalue weighted by molar-refractivity contribution is 0.309.